The number of phenols is 1. The molecule has 0 spiro atoms. The highest BCUT2D eigenvalue weighted by Gasteiger charge is 2.24. The van der Waals surface area contributed by atoms with Crippen LogP contribution in [0.15, 0.2) is 24.3 Å². The zero-order valence-electron chi connectivity index (χ0n) is 20.6. The number of nitrogens with one attached hydrogen (secondary N) is 1. The number of benzene rings is 2. The van der Waals surface area contributed by atoms with E-state index in [1.165, 1.54) is 12.1 Å². The largest absolute Gasteiger partial charge is 0.506 e. The van der Waals surface area contributed by atoms with Gasteiger partial charge in [-0.1, -0.05) is 18.5 Å². The van der Waals surface area contributed by atoms with Gasteiger partial charge < -0.3 is 19.5 Å². The first kappa shape index (κ1) is 24.5. The maximum Gasteiger partial charge on any atom is 0.169 e. The van der Waals surface area contributed by atoms with E-state index in [4.69, 9.17) is 21.1 Å². The molecule has 36 heavy (non-hydrogen) atoms. The molecular weight excluding hydrogens is 485 g/mol. The summed E-state index contributed by atoms with van der Waals surface area (Å²) in [6, 6.07) is 6.01. The Morgan fingerprint density at radius 3 is 2.56 bits per heavy atom. The second-order valence-corrected chi connectivity index (χ2v) is 9.33. The normalized spacial score (nSPS) is 15.1. The zero-order valence-corrected chi connectivity index (χ0v) is 21.3. The Morgan fingerprint density at radius 1 is 1.11 bits per heavy atom. The number of ether oxygens (including phenoxy) is 2. The van der Waals surface area contributed by atoms with Gasteiger partial charge in [-0.15, -0.1) is 0 Å². The molecule has 2 aromatic carbocycles. The monoisotopic (exact) mass is 513 g/mol. The number of pyridine rings is 1. The average Bonchev–Trinajstić information content (AvgIpc) is 3.26. The molecule has 10 heteroatoms. The fourth-order valence-electron chi connectivity index (χ4n) is 4.83. The Balaban J connectivity index is 1.57. The van der Waals surface area contributed by atoms with Crippen molar-refractivity contribution >= 4 is 33.4 Å². The molecule has 1 saturated heterocycles. The number of hydrogen-bond acceptors (Lipinski definition) is 7. The van der Waals surface area contributed by atoms with E-state index in [0.717, 1.165) is 39.3 Å². The summed E-state index contributed by atoms with van der Waals surface area (Å²) in [5.74, 6) is 0.197. The molecule has 5 rings (SSSR count). The minimum Gasteiger partial charge on any atom is -0.506 e. The molecule has 0 atom stereocenters. The number of nitrogens with zero attached hydrogens (tertiary/aromatic N) is 4. The molecule has 190 valence electrons. The van der Waals surface area contributed by atoms with Gasteiger partial charge in [-0.25, -0.2) is 9.37 Å². The highest BCUT2D eigenvalue weighted by atomic mass is 35.5. The number of rotatable bonds is 7. The average molecular weight is 514 g/mol. The molecule has 4 aromatic rings. The van der Waals surface area contributed by atoms with Crippen molar-refractivity contribution in [2.24, 2.45) is 0 Å². The number of aromatic hydroxyl groups is 1. The minimum absolute atomic E-state index is 0.0620. The van der Waals surface area contributed by atoms with Crippen molar-refractivity contribution in [3.63, 3.8) is 0 Å². The van der Waals surface area contributed by atoms with Crippen molar-refractivity contribution in [3.05, 3.63) is 40.8 Å². The number of halogens is 2. The maximum absolute atomic E-state index is 15.8. The molecule has 0 aliphatic carbocycles. The summed E-state index contributed by atoms with van der Waals surface area (Å²) in [5, 5.41) is 18.7. The number of aromatic nitrogens is 3. The van der Waals surface area contributed by atoms with Gasteiger partial charge in [0.1, 0.15) is 18.2 Å². The lowest BCUT2D eigenvalue weighted by Gasteiger charge is -2.33. The van der Waals surface area contributed by atoms with Crippen LogP contribution in [0.2, 0.25) is 5.02 Å². The van der Waals surface area contributed by atoms with Crippen LogP contribution >= 0.6 is 11.6 Å². The third-order valence-corrected chi connectivity index (χ3v) is 7.14. The fourth-order valence-corrected chi connectivity index (χ4v) is 5.01. The fraction of sp³-hybridized carbons (Fsp3) is 0.385. The van der Waals surface area contributed by atoms with Crippen LogP contribution in [0.25, 0.3) is 33.1 Å². The molecule has 1 aliphatic rings. The van der Waals surface area contributed by atoms with Crippen molar-refractivity contribution in [1.82, 2.24) is 25.0 Å². The van der Waals surface area contributed by atoms with Crippen LogP contribution in [0.3, 0.4) is 0 Å². The number of H-pyrrole nitrogens is 1. The first-order valence-corrected chi connectivity index (χ1v) is 12.4. The summed E-state index contributed by atoms with van der Waals surface area (Å²) in [6.45, 7) is 10.3. The third-order valence-electron chi connectivity index (χ3n) is 6.84. The van der Waals surface area contributed by atoms with E-state index >= 15 is 4.39 Å². The van der Waals surface area contributed by atoms with E-state index in [-0.39, 0.29) is 16.2 Å². The molecule has 1 aliphatic heterocycles. The van der Waals surface area contributed by atoms with Crippen molar-refractivity contribution < 1.29 is 19.0 Å². The van der Waals surface area contributed by atoms with E-state index < -0.39 is 5.82 Å². The lowest BCUT2D eigenvalue weighted by atomic mass is 9.99. The van der Waals surface area contributed by atoms with Crippen LogP contribution in [0.4, 0.5) is 4.39 Å². The van der Waals surface area contributed by atoms with Gasteiger partial charge in [-0.2, -0.15) is 5.10 Å². The van der Waals surface area contributed by atoms with Gasteiger partial charge >= 0.3 is 0 Å². The van der Waals surface area contributed by atoms with Crippen LogP contribution in [-0.4, -0.2) is 83.1 Å². The smallest absolute Gasteiger partial charge is 0.169 e. The number of aryl methyl sites for hydroxylation is 1. The summed E-state index contributed by atoms with van der Waals surface area (Å²) in [7, 11) is 1.54. The van der Waals surface area contributed by atoms with Gasteiger partial charge in [0.25, 0.3) is 0 Å². The van der Waals surface area contributed by atoms with Crippen LogP contribution in [0.5, 0.6) is 17.2 Å². The standard InChI is InChI=1S/C26H29ClFN5O3/c1-4-32-7-9-33(10-8-32)11-12-36-20-14-18(28)22-23(25(20)35-3)21-15(2)30-31-26(21)29-24(22)16-5-6-19(34)17(27)13-16/h5-6,13-14,34H,4,7-12H2,1-3H3,(H,29,30,31). The topological polar surface area (TPSA) is 86.7 Å². The van der Waals surface area contributed by atoms with Gasteiger partial charge in [0.2, 0.25) is 0 Å². The van der Waals surface area contributed by atoms with Crippen LogP contribution in [0, 0.1) is 12.7 Å². The molecular formula is C26H29ClFN5O3. The van der Waals surface area contributed by atoms with Gasteiger partial charge in [0.15, 0.2) is 17.1 Å². The van der Waals surface area contributed by atoms with Gasteiger partial charge in [0, 0.05) is 55.1 Å². The number of likely N-dealkylation sites (N-methyl/N-ethyl adjacent to an activating group) is 1. The third kappa shape index (κ3) is 4.42. The molecule has 0 unspecified atom stereocenters. The van der Waals surface area contributed by atoms with Crippen LogP contribution in [0.1, 0.15) is 12.6 Å². The Bertz CT molecular complexity index is 1420. The predicted octanol–water partition coefficient (Wildman–Crippen LogP) is 4.61. The maximum atomic E-state index is 15.8. The highest BCUT2D eigenvalue weighted by molar-refractivity contribution is 6.32. The summed E-state index contributed by atoms with van der Waals surface area (Å²) in [6.07, 6.45) is 0. The number of piperazine rings is 1. The lowest BCUT2D eigenvalue weighted by Crippen LogP contribution is -2.47. The molecule has 2 N–H and O–H groups in total. The molecule has 2 aromatic heterocycles. The number of fused-ring (bicyclic) bond motifs is 3. The van der Waals surface area contributed by atoms with Crippen molar-refractivity contribution in [3.8, 4) is 28.5 Å². The Morgan fingerprint density at radius 2 is 1.86 bits per heavy atom. The summed E-state index contributed by atoms with van der Waals surface area (Å²) in [4.78, 5) is 9.44. The van der Waals surface area contributed by atoms with E-state index in [0.29, 0.717) is 51.5 Å². The minimum atomic E-state index is -0.494. The van der Waals surface area contributed by atoms with E-state index in [1.807, 2.05) is 6.92 Å². The number of hydrogen-bond donors (Lipinski definition) is 2. The summed E-state index contributed by atoms with van der Waals surface area (Å²) >= 11 is 6.16. The molecule has 1 fully saturated rings. The van der Waals surface area contributed by atoms with Crippen LogP contribution in [-0.2, 0) is 0 Å². The Kier molecular flexibility index (Phi) is 6.87. The molecule has 0 bridgehead atoms. The SMILES string of the molecule is CCN1CCN(CCOc2cc(F)c3c(-c4ccc(O)c(Cl)c4)nc4[nH]nc(C)c4c3c2OC)CC1. The molecule has 0 radical (unpaired) electrons. The second kappa shape index (κ2) is 10.1. The number of methoxy groups -OCH3 is 1. The van der Waals surface area contributed by atoms with E-state index in [1.54, 1.807) is 19.2 Å². The summed E-state index contributed by atoms with van der Waals surface area (Å²) < 4.78 is 27.7. The summed E-state index contributed by atoms with van der Waals surface area (Å²) in [5.41, 5.74) is 2.07. The molecule has 0 amide bonds. The highest BCUT2D eigenvalue weighted by Crippen LogP contribution is 2.45. The van der Waals surface area contributed by atoms with Gasteiger partial charge in [-0.05, 0) is 31.7 Å². The Hall–Kier alpha value is -3.14. The lowest BCUT2D eigenvalue weighted by molar-refractivity contribution is 0.120. The first-order chi connectivity index (χ1) is 17.4. The van der Waals surface area contributed by atoms with Crippen LogP contribution < -0.4 is 9.47 Å². The molecule has 3 heterocycles. The van der Waals surface area contributed by atoms with Crippen molar-refractivity contribution in [2.75, 3.05) is 53.0 Å². The quantitative estimate of drug-likeness (QED) is 0.373. The predicted molar refractivity (Wildman–Crippen MR) is 139 cm³/mol. The first-order valence-electron chi connectivity index (χ1n) is 12.0. The van der Waals surface area contributed by atoms with E-state index in [2.05, 4.69) is 31.9 Å². The van der Waals surface area contributed by atoms with E-state index in [9.17, 15) is 5.11 Å². The zero-order chi connectivity index (χ0) is 25.4. The molecule has 0 saturated carbocycles. The number of aromatic amines is 1. The Labute approximate surface area is 213 Å². The van der Waals surface area contributed by atoms with Gasteiger partial charge in [0.05, 0.1) is 28.9 Å². The molecule has 8 nitrogen and oxygen atoms in total. The van der Waals surface area contributed by atoms with Gasteiger partial charge in [-0.3, -0.25) is 10.00 Å². The number of phenolic OH excluding ortho intramolecular Hbond substituents is 1. The van der Waals surface area contributed by atoms with Crippen molar-refractivity contribution in [1.29, 1.82) is 0 Å². The van der Waals surface area contributed by atoms with Crippen molar-refractivity contribution in [2.45, 2.75) is 13.8 Å². The second-order valence-electron chi connectivity index (χ2n) is 8.92.